The highest BCUT2D eigenvalue weighted by Crippen LogP contribution is 2.29. The summed E-state index contributed by atoms with van der Waals surface area (Å²) < 4.78 is 0. The van der Waals surface area contributed by atoms with Crippen LogP contribution in [0.15, 0.2) is 36.5 Å². The van der Waals surface area contributed by atoms with Gasteiger partial charge >= 0.3 is 0 Å². The zero-order valence-electron chi connectivity index (χ0n) is 12.8. The number of pyridine rings is 1. The second kappa shape index (κ2) is 6.16. The van der Waals surface area contributed by atoms with E-state index < -0.39 is 4.92 Å². The molecule has 0 saturated heterocycles. The molecular weight excluding hydrogens is 294 g/mol. The van der Waals surface area contributed by atoms with Gasteiger partial charge in [-0.1, -0.05) is 6.07 Å². The molecule has 6 nitrogen and oxygen atoms in total. The fourth-order valence-corrected chi connectivity index (χ4v) is 2.93. The van der Waals surface area contributed by atoms with E-state index in [9.17, 15) is 14.9 Å². The number of carbonyl (C=O) groups is 1. The summed E-state index contributed by atoms with van der Waals surface area (Å²) in [6.07, 6.45) is 4.30. The molecule has 0 amide bonds. The lowest BCUT2D eigenvalue weighted by atomic mass is 9.91. The largest absolute Gasteiger partial charge is 0.376 e. The van der Waals surface area contributed by atoms with Crippen molar-refractivity contribution in [2.45, 2.75) is 32.2 Å². The first-order valence-corrected chi connectivity index (χ1v) is 7.53. The van der Waals surface area contributed by atoms with Crippen molar-refractivity contribution in [3.8, 4) is 0 Å². The van der Waals surface area contributed by atoms with Gasteiger partial charge < -0.3 is 5.32 Å². The van der Waals surface area contributed by atoms with E-state index in [2.05, 4.69) is 10.3 Å². The van der Waals surface area contributed by atoms with E-state index in [-0.39, 0.29) is 17.5 Å². The summed E-state index contributed by atoms with van der Waals surface area (Å²) in [5, 5.41) is 14.5. The first-order chi connectivity index (χ1) is 11.0. The molecule has 0 radical (unpaired) electrons. The topological polar surface area (TPSA) is 85.1 Å². The number of nitro benzene ring substituents is 1. The summed E-state index contributed by atoms with van der Waals surface area (Å²) >= 11 is 0. The van der Waals surface area contributed by atoms with Crippen LogP contribution in [0.1, 0.15) is 35.0 Å². The van der Waals surface area contributed by atoms with Gasteiger partial charge in [0, 0.05) is 29.6 Å². The molecule has 0 saturated carbocycles. The third-order valence-corrected chi connectivity index (χ3v) is 4.14. The summed E-state index contributed by atoms with van der Waals surface area (Å²) in [5.41, 5.74) is 3.03. The van der Waals surface area contributed by atoms with Gasteiger partial charge in [-0.15, -0.1) is 0 Å². The van der Waals surface area contributed by atoms with Crippen LogP contribution in [0.25, 0.3) is 0 Å². The van der Waals surface area contributed by atoms with Gasteiger partial charge in [-0.05, 0) is 49.9 Å². The van der Waals surface area contributed by atoms with Crippen molar-refractivity contribution < 1.29 is 9.72 Å². The normalized spacial score (nSPS) is 16.5. The van der Waals surface area contributed by atoms with Crippen molar-refractivity contribution in [2.75, 3.05) is 5.32 Å². The highest BCUT2D eigenvalue weighted by atomic mass is 16.6. The van der Waals surface area contributed by atoms with Crippen molar-refractivity contribution in [2.24, 2.45) is 0 Å². The number of fused-ring (bicyclic) bond motifs is 1. The number of hydrogen-bond donors (Lipinski definition) is 1. The molecule has 1 atom stereocenters. The molecule has 1 heterocycles. The Morgan fingerprint density at radius 3 is 2.96 bits per heavy atom. The highest BCUT2D eigenvalue weighted by Gasteiger charge is 2.23. The van der Waals surface area contributed by atoms with Crippen LogP contribution < -0.4 is 5.32 Å². The van der Waals surface area contributed by atoms with Gasteiger partial charge in [0.2, 0.25) is 0 Å². The Morgan fingerprint density at radius 1 is 1.39 bits per heavy atom. The standard InChI is InChI=1S/C17H17N3O3/c1-11(21)12-4-6-16(17(10-12)20(22)23)19-14-5-7-15-13(9-14)3-2-8-18-15/h2-4,6,8,10,14,19H,5,7,9H2,1H3. The van der Waals surface area contributed by atoms with E-state index in [0.29, 0.717) is 11.3 Å². The fourth-order valence-electron chi connectivity index (χ4n) is 2.93. The summed E-state index contributed by atoms with van der Waals surface area (Å²) in [4.78, 5) is 26.6. The van der Waals surface area contributed by atoms with Crippen LogP contribution in [0.2, 0.25) is 0 Å². The molecule has 118 valence electrons. The monoisotopic (exact) mass is 311 g/mol. The molecule has 0 spiro atoms. The van der Waals surface area contributed by atoms with Crippen molar-refractivity contribution >= 4 is 17.2 Å². The van der Waals surface area contributed by atoms with E-state index in [1.54, 1.807) is 18.3 Å². The van der Waals surface area contributed by atoms with Gasteiger partial charge in [-0.25, -0.2) is 0 Å². The quantitative estimate of drug-likeness (QED) is 0.532. The van der Waals surface area contributed by atoms with Crippen LogP contribution in [0.4, 0.5) is 11.4 Å². The van der Waals surface area contributed by atoms with Gasteiger partial charge in [-0.3, -0.25) is 19.9 Å². The molecule has 3 rings (SSSR count). The van der Waals surface area contributed by atoms with Crippen LogP contribution in [0.3, 0.4) is 0 Å². The van der Waals surface area contributed by atoms with Crippen LogP contribution in [0, 0.1) is 10.1 Å². The molecule has 2 aromatic rings. The average Bonchev–Trinajstić information content (AvgIpc) is 2.54. The van der Waals surface area contributed by atoms with Crippen molar-refractivity contribution in [3.05, 3.63) is 63.5 Å². The number of nitrogens with zero attached hydrogens (tertiary/aromatic N) is 2. The molecule has 1 aromatic carbocycles. The van der Waals surface area contributed by atoms with Crippen molar-refractivity contribution in [1.82, 2.24) is 4.98 Å². The maximum atomic E-state index is 11.4. The number of ketones is 1. The summed E-state index contributed by atoms with van der Waals surface area (Å²) in [6.45, 7) is 1.40. The SMILES string of the molecule is CC(=O)c1ccc(NC2CCc3ncccc3C2)c([N+](=O)[O-])c1. The van der Waals surface area contributed by atoms with Gasteiger partial charge in [0.05, 0.1) is 4.92 Å². The van der Waals surface area contributed by atoms with Gasteiger partial charge in [0.15, 0.2) is 5.78 Å². The first kappa shape index (κ1) is 15.1. The summed E-state index contributed by atoms with van der Waals surface area (Å²) in [6, 6.07) is 8.65. The molecule has 1 aromatic heterocycles. The predicted octanol–water partition coefficient (Wildman–Crippen LogP) is 3.16. The number of rotatable bonds is 4. The average molecular weight is 311 g/mol. The minimum atomic E-state index is -0.451. The molecule has 0 fully saturated rings. The van der Waals surface area contributed by atoms with Crippen LogP contribution in [-0.2, 0) is 12.8 Å². The molecule has 23 heavy (non-hydrogen) atoms. The molecular formula is C17H17N3O3. The Kier molecular flexibility index (Phi) is 4.06. The molecule has 1 aliphatic carbocycles. The first-order valence-electron chi connectivity index (χ1n) is 7.53. The van der Waals surface area contributed by atoms with Gasteiger partial charge in [-0.2, -0.15) is 0 Å². The molecule has 6 heteroatoms. The minimum absolute atomic E-state index is 0.0605. The number of hydrogen-bond acceptors (Lipinski definition) is 5. The molecule has 0 bridgehead atoms. The predicted molar refractivity (Wildman–Crippen MR) is 86.8 cm³/mol. The Bertz CT molecular complexity index is 773. The van der Waals surface area contributed by atoms with E-state index >= 15 is 0 Å². The molecule has 1 aliphatic rings. The Morgan fingerprint density at radius 2 is 2.22 bits per heavy atom. The van der Waals surface area contributed by atoms with Crippen LogP contribution in [-0.4, -0.2) is 21.7 Å². The number of carbonyl (C=O) groups excluding carboxylic acids is 1. The summed E-state index contributed by atoms with van der Waals surface area (Å²) in [7, 11) is 0. The minimum Gasteiger partial charge on any atom is -0.376 e. The zero-order chi connectivity index (χ0) is 16.4. The van der Waals surface area contributed by atoms with Crippen molar-refractivity contribution in [3.63, 3.8) is 0 Å². The Hall–Kier alpha value is -2.76. The number of nitro groups is 1. The van der Waals surface area contributed by atoms with E-state index in [1.165, 1.54) is 18.6 Å². The number of nitrogens with one attached hydrogen (secondary N) is 1. The number of Topliss-reactive ketones (excluding diaryl/α,β-unsaturated/α-hetero) is 1. The lowest BCUT2D eigenvalue weighted by Crippen LogP contribution is -2.28. The number of aryl methyl sites for hydroxylation is 1. The lowest BCUT2D eigenvalue weighted by Gasteiger charge is -2.25. The number of benzene rings is 1. The van der Waals surface area contributed by atoms with Crippen LogP contribution >= 0.6 is 0 Å². The molecule has 1 unspecified atom stereocenters. The van der Waals surface area contributed by atoms with E-state index in [1.807, 2.05) is 12.1 Å². The smallest absolute Gasteiger partial charge is 0.293 e. The Labute approximate surface area is 133 Å². The van der Waals surface area contributed by atoms with Gasteiger partial charge in [0.1, 0.15) is 5.69 Å². The number of anilines is 1. The molecule has 1 N–H and O–H groups in total. The summed E-state index contributed by atoms with van der Waals surface area (Å²) in [5.74, 6) is -0.183. The fraction of sp³-hybridized carbons (Fsp3) is 0.294. The highest BCUT2D eigenvalue weighted by molar-refractivity contribution is 5.95. The maximum Gasteiger partial charge on any atom is 0.293 e. The third kappa shape index (κ3) is 3.21. The third-order valence-electron chi connectivity index (χ3n) is 4.14. The zero-order valence-corrected chi connectivity index (χ0v) is 12.8. The second-order valence-electron chi connectivity index (χ2n) is 5.74. The number of aromatic nitrogens is 1. The lowest BCUT2D eigenvalue weighted by molar-refractivity contribution is -0.384. The van der Waals surface area contributed by atoms with E-state index in [0.717, 1.165) is 25.0 Å². The van der Waals surface area contributed by atoms with E-state index in [4.69, 9.17) is 0 Å². The maximum absolute atomic E-state index is 11.4. The second-order valence-corrected chi connectivity index (χ2v) is 5.74. The van der Waals surface area contributed by atoms with Crippen LogP contribution in [0.5, 0.6) is 0 Å². The molecule has 0 aliphatic heterocycles. The Balaban J connectivity index is 1.83. The van der Waals surface area contributed by atoms with Crippen molar-refractivity contribution in [1.29, 1.82) is 0 Å². The van der Waals surface area contributed by atoms with Gasteiger partial charge in [0.25, 0.3) is 5.69 Å².